The molecule has 0 saturated carbocycles. The Morgan fingerprint density at radius 2 is 1.84 bits per heavy atom. The van der Waals surface area contributed by atoms with Crippen LogP contribution in [-0.4, -0.2) is 11.9 Å². The third-order valence-electron chi connectivity index (χ3n) is 2.90. The molecule has 2 aromatic rings. The second kappa shape index (κ2) is 6.50. The van der Waals surface area contributed by atoms with Crippen molar-refractivity contribution in [1.82, 2.24) is 5.32 Å². The summed E-state index contributed by atoms with van der Waals surface area (Å²) < 4.78 is 0. The van der Waals surface area contributed by atoms with Gasteiger partial charge in [0.2, 0.25) is 5.91 Å². The van der Waals surface area contributed by atoms with E-state index in [-0.39, 0.29) is 18.0 Å². The highest BCUT2D eigenvalue weighted by molar-refractivity contribution is 7.10. The Morgan fingerprint density at radius 3 is 2.47 bits per heavy atom. The van der Waals surface area contributed by atoms with E-state index in [9.17, 15) is 4.79 Å². The van der Waals surface area contributed by atoms with E-state index in [0.29, 0.717) is 0 Å². The number of hydrogen-bond donors (Lipinski definition) is 2. The molecule has 19 heavy (non-hydrogen) atoms. The Bertz CT molecular complexity index is 510. The first-order valence-corrected chi connectivity index (χ1v) is 7.20. The van der Waals surface area contributed by atoms with Crippen molar-refractivity contribution < 1.29 is 4.79 Å². The minimum absolute atomic E-state index is 0.0189. The van der Waals surface area contributed by atoms with Gasteiger partial charge >= 0.3 is 0 Å². The SMILES string of the molecule is CC(NC(C)c1cccs1)C(=O)Nc1ccccc1. The summed E-state index contributed by atoms with van der Waals surface area (Å²) in [4.78, 5) is 13.3. The fourth-order valence-corrected chi connectivity index (χ4v) is 2.59. The Kier molecular flexibility index (Phi) is 4.71. The number of benzene rings is 1. The Balaban J connectivity index is 1.89. The molecule has 1 aromatic heterocycles. The van der Waals surface area contributed by atoms with Gasteiger partial charge in [-0.25, -0.2) is 0 Å². The molecule has 0 fully saturated rings. The average molecular weight is 274 g/mol. The molecule has 100 valence electrons. The molecule has 0 aliphatic carbocycles. The monoisotopic (exact) mass is 274 g/mol. The van der Waals surface area contributed by atoms with E-state index < -0.39 is 0 Å². The smallest absolute Gasteiger partial charge is 0.241 e. The van der Waals surface area contributed by atoms with Gasteiger partial charge in [0.25, 0.3) is 0 Å². The third-order valence-corrected chi connectivity index (χ3v) is 3.96. The van der Waals surface area contributed by atoms with Gasteiger partial charge in [-0.2, -0.15) is 0 Å². The topological polar surface area (TPSA) is 41.1 Å². The third kappa shape index (κ3) is 3.91. The van der Waals surface area contributed by atoms with Gasteiger partial charge in [0.1, 0.15) is 0 Å². The van der Waals surface area contributed by atoms with Crippen LogP contribution in [0.25, 0.3) is 0 Å². The summed E-state index contributed by atoms with van der Waals surface area (Å²) >= 11 is 1.69. The van der Waals surface area contributed by atoms with Crippen LogP contribution in [0.4, 0.5) is 5.69 Å². The first kappa shape index (κ1) is 13.8. The number of para-hydroxylation sites is 1. The number of nitrogens with one attached hydrogen (secondary N) is 2. The van der Waals surface area contributed by atoms with Crippen molar-refractivity contribution in [2.45, 2.75) is 25.9 Å². The van der Waals surface area contributed by atoms with Crippen LogP contribution in [0.5, 0.6) is 0 Å². The predicted molar refractivity (Wildman–Crippen MR) is 80.4 cm³/mol. The molecule has 3 nitrogen and oxygen atoms in total. The van der Waals surface area contributed by atoms with Crippen LogP contribution in [0.3, 0.4) is 0 Å². The highest BCUT2D eigenvalue weighted by atomic mass is 32.1. The summed E-state index contributed by atoms with van der Waals surface area (Å²) in [6.45, 7) is 3.94. The van der Waals surface area contributed by atoms with E-state index in [4.69, 9.17) is 0 Å². The van der Waals surface area contributed by atoms with E-state index in [1.165, 1.54) is 4.88 Å². The Morgan fingerprint density at radius 1 is 1.11 bits per heavy atom. The molecule has 2 unspecified atom stereocenters. The lowest BCUT2D eigenvalue weighted by Crippen LogP contribution is -2.39. The van der Waals surface area contributed by atoms with Crippen molar-refractivity contribution in [2.75, 3.05) is 5.32 Å². The normalized spacial score (nSPS) is 13.8. The molecule has 1 aromatic carbocycles. The summed E-state index contributed by atoms with van der Waals surface area (Å²) in [7, 11) is 0. The van der Waals surface area contributed by atoms with Crippen LogP contribution in [0.15, 0.2) is 47.8 Å². The van der Waals surface area contributed by atoms with Crippen LogP contribution in [0.1, 0.15) is 24.8 Å². The number of hydrogen-bond acceptors (Lipinski definition) is 3. The predicted octanol–water partition coefficient (Wildman–Crippen LogP) is 3.43. The summed E-state index contributed by atoms with van der Waals surface area (Å²) in [6.07, 6.45) is 0. The van der Waals surface area contributed by atoms with Crippen molar-refractivity contribution in [3.05, 3.63) is 52.7 Å². The van der Waals surface area contributed by atoms with E-state index in [1.807, 2.05) is 48.7 Å². The zero-order valence-electron chi connectivity index (χ0n) is 11.1. The van der Waals surface area contributed by atoms with Crippen LogP contribution < -0.4 is 10.6 Å². The van der Waals surface area contributed by atoms with Crippen molar-refractivity contribution in [3.8, 4) is 0 Å². The molecule has 0 bridgehead atoms. The standard InChI is InChI=1S/C15H18N2OS/c1-11(14-9-6-10-19-14)16-12(2)15(18)17-13-7-4-3-5-8-13/h3-12,16H,1-2H3,(H,17,18). The van der Waals surface area contributed by atoms with Gasteiger partial charge in [0.05, 0.1) is 6.04 Å². The molecule has 2 N–H and O–H groups in total. The van der Waals surface area contributed by atoms with Gasteiger partial charge in [0.15, 0.2) is 0 Å². The summed E-state index contributed by atoms with van der Waals surface area (Å²) in [5, 5.41) is 8.24. The van der Waals surface area contributed by atoms with Crippen LogP contribution >= 0.6 is 11.3 Å². The van der Waals surface area contributed by atoms with E-state index in [0.717, 1.165) is 5.69 Å². The Hall–Kier alpha value is -1.65. The van der Waals surface area contributed by atoms with Gasteiger partial charge in [-0.15, -0.1) is 11.3 Å². The molecule has 2 rings (SSSR count). The van der Waals surface area contributed by atoms with Crippen molar-refractivity contribution in [2.24, 2.45) is 0 Å². The quantitative estimate of drug-likeness (QED) is 0.877. The fourth-order valence-electron chi connectivity index (χ4n) is 1.84. The number of carbonyl (C=O) groups excluding carboxylic acids is 1. The maximum atomic E-state index is 12.0. The first-order valence-electron chi connectivity index (χ1n) is 6.32. The fraction of sp³-hybridized carbons (Fsp3) is 0.267. The minimum atomic E-state index is -0.239. The van der Waals surface area contributed by atoms with Crippen molar-refractivity contribution >= 4 is 22.9 Å². The molecule has 2 atom stereocenters. The second-order valence-corrected chi connectivity index (χ2v) is 5.46. The molecule has 0 saturated heterocycles. The van der Waals surface area contributed by atoms with E-state index >= 15 is 0 Å². The molecular weight excluding hydrogens is 256 g/mol. The zero-order chi connectivity index (χ0) is 13.7. The molecular formula is C15H18N2OS. The maximum Gasteiger partial charge on any atom is 0.241 e. The Labute approximate surface area is 117 Å². The van der Waals surface area contributed by atoms with Crippen LogP contribution in [0.2, 0.25) is 0 Å². The lowest BCUT2D eigenvalue weighted by Gasteiger charge is -2.18. The highest BCUT2D eigenvalue weighted by Gasteiger charge is 2.16. The van der Waals surface area contributed by atoms with Crippen molar-refractivity contribution in [3.63, 3.8) is 0 Å². The number of thiophene rings is 1. The first-order chi connectivity index (χ1) is 9.16. The van der Waals surface area contributed by atoms with E-state index in [1.54, 1.807) is 11.3 Å². The molecule has 0 spiro atoms. The number of carbonyl (C=O) groups is 1. The van der Waals surface area contributed by atoms with Gasteiger partial charge < -0.3 is 5.32 Å². The van der Waals surface area contributed by atoms with Gasteiger partial charge in [-0.3, -0.25) is 10.1 Å². The lowest BCUT2D eigenvalue weighted by atomic mass is 10.2. The van der Waals surface area contributed by atoms with Crippen LogP contribution in [0, 0.1) is 0 Å². The number of amides is 1. The van der Waals surface area contributed by atoms with Gasteiger partial charge in [-0.05, 0) is 37.4 Å². The molecule has 0 radical (unpaired) electrons. The molecule has 0 aliphatic heterocycles. The second-order valence-electron chi connectivity index (χ2n) is 4.48. The molecule has 1 heterocycles. The summed E-state index contributed by atoms with van der Waals surface area (Å²) in [6, 6.07) is 13.5. The minimum Gasteiger partial charge on any atom is -0.325 e. The van der Waals surface area contributed by atoms with Gasteiger partial charge in [0, 0.05) is 16.6 Å². The van der Waals surface area contributed by atoms with Crippen molar-refractivity contribution in [1.29, 1.82) is 0 Å². The summed E-state index contributed by atoms with van der Waals surface area (Å²) in [5.74, 6) is -0.0189. The average Bonchev–Trinajstić information content (AvgIpc) is 2.93. The highest BCUT2D eigenvalue weighted by Crippen LogP contribution is 2.18. The van der Waals surface area contributed by atoms with Gasteiger partial charge in [-0.1, -0.05) is 24.3 Å². The molecule has 0 aliphatic rings. The van der Waals surface area contributed by atoms with Crippen LogP contribution in [-0.2, 0) is 4.79 Å². The molecule has 1 amide bonds. The van der Waals surface area contributed by atoms with E-state index in [2.05, 4.69) is 23.6 Å². The summed E-state index contributed by atoms with van der Waals surface area (Å²) in [5.41, 5.74) is 0.824. The zero-order valence-corrected chi connectivity index (χ0v) is 11.9. The molecule has 4 heteroatoms. The number of anilines is 1. The number of rotatable bonds is 5. The maximum absolute atomic E-state index is 12.0. The lowest BCUT2D eigenvalue weighted by molar-refractivity contribution is -0.117. The largest absolute Gasteiger partial charge is 0.325 e.